The predicted octanol–water partition coefficient (Wildman–Crippen LogP) is 4.40. The molecule has 0 amide bonds. The van der Waals surface area contributed by atoms with Gasteiger partial charge in [-0.15, -0.1) is 0 Å². The first-order valence-electron chi connectivity index (χ1n) is 7.60. The van der Waals surface area contributed by atoms with Crippen LogP contribution in [0.25, 0.3) is 0 Å². The molecule has 0 radical (unpaired) electrons. The van der Waals surface area contributed by atoms with Crippen molar-refractivity contribution in [3.63, 3.8) is 0 Å². The van der Waals surface area contributed by atoms with Crippen LogP contribution in [0.2, 0.25) is 0 Å². The summed E-state index contributed by atoms with van der Waals surface area (Å²) >= 11 is 0. The summed E-state index contributed by atoms with van der Waals surface area (Å²) < 4.78 is 5.33. The first-order valence-corrected chi connectivity index (χ1v) is 7.60. The molecule has 1 aromatic rings. The zero-order chi connectivity index (χ0) is 15.0. The minimum absolute atomic E-state index is 0.237. The fourth-order valence-electron chi connectivity index (χ4n) is 2.19. The van der Waals surface area contributed by atoms with Crippen molar-refractivity contribution in [2.24, 2.45) is 0 Å². The average molecular weight is 277 g/mol. The number of anilines is 1. The number of hydrogen-bond donors (Lipinski definition) is 1. The van der Waals surface area contributed by atoms with Crippen molar-refractivity contribution in [2.75, 3.05) is 12.3 Å². The Balaban J connectivity index is 2.35. The Hall–Kier alpha value is -1.51. The molecule has 1 aromatic carbocycles. The fraction of sp³-hybridized carbons (Fsp3) is 0.588. The molecule has 0 spiro atoms. The molecular weight excluding hydrogens is 250 g/mol. The molecule has 0 saturated carbocycles. The summed E-state index contributed by atoms with van der Waals surface area (Å²) in [6.07, 6.45) is 7.13. The summed E-state index contributed by atoms with van der Waals surface area (Å²) in [5.41, 5.74) is 9.03. The van der Waals surface area contributed by atoms with Crippen LogP contribution in [0.5, 0.6) is 0 Å². The lowest BCUT2D eigenvalue weighted by Crippen LogP contribution is -2.09. The highest BCUT2D eigenvalue weighted by molar-refractivity contribution is 5.92. The van der Waals surface area contributed by atoms with E-state index in [0.717, 1.165) is 29.7 Å². The van der Waals surface area contributed by atoms with Gasteiger partial charge in [-0.05, 0) is 43.5 Å². The Morgan fingerprint density at radius 3 is 2.40 bits per heavy atom. The standard InChI is InChI=1S/C17H27NO2/c1-4-5-6-7-8-9-12-20-17(19)15-10-11-16(18)14(3)13(15)2/h10-11H,4-9,12,18H2,1-3H3. The maximum absolute atomic E-state index is 12.0. The smallest absolute Gasteiger partial charge is 0.338 e. The molecule has 0 atom stereocenters. The van der Waals surface area contributed by atoms with Gasteiger partial charge in [0.1, 0.15) is 0 Å². The molecular formula is C17H27NO2. The van der Waals surface area contributed by atoms with E-state index in [2.05, 4.69) is 6.92 Å². The van der Waals surface area contributed by atoms with Gasteiger partial charge in [0.25, 0.3) is 0 Å². The number of carbonyl (C=O) groups is 1. The van der Waals surface area contributed by atoms with Crippen LogP contribution in [0.4, 0.5) is 5.69 Å². The molecule has 0 saturated heterocycles. The van der Waals surface area contributed by atoms with E-state index in [1.807, 2.05) is 13.8 Å². The van der Waals surface area contributed by atoms with Crippen molar-refractivity contribution in [3.05, 3.63) is 28.8 Å². The van der Waals surface area contributed by atoms with Gasteiger partial charge >= 0.3 is 5.97 Å². The lowest BCUT2D eigenvalue weighted by molar-refractivity contribution is 0.0497. The van der Waals surface area contributed by atoms with E-state index in [-0.39, 0.29) is 5.97 Å². The van der Waals surface area contributed by atoms with Crippen molar-refractivity contribution in [3.8, 4) is 0 Å². The normalized spacial score (nSPS) is 10.6. The number of unbranched alkanes of at least 4 members (excludes halogenated alkanes) is 5. The van der Waals surface area contributed by atoms with Crippen LogP contribution in [-0.4, -0.2) is 12.6 Å². The third kappa shape index (κ3) is 4.87. The average Bonchev–Trinajstić information content (AvgIpc) is 2.43. The first-order chi connectivity index (χ1) is 9.57. The molecule has 3 heteroatoms. The maximum atomic E-state index is 12.0. The van der Waals surface area contributed by atoms with E-state index in [4.69, 9.17) is 10.5 Å². The highest BCUT2D eigenvalue weighted by Crippen LogP contribution is 2.20. The van der Waals surface area contributed by atoms with Crippen LogP contribution in [0.1, 0.15) is 66.9 Å². The highest BCUT2D eigenvalue weighted by atomic mass is 16.5. The van der Waals surface area contributed by atoms with Gasteiger partial charge in [-0.25, -0.2) is 4.79 Å². The molecule has 112 valence electrons. The zero-order valence-electron chi connectivity index (χ0n) is 13.0. The van der Waals surface area contributed by atoms with E-state index in [1.54, 1.807) is 12.1 Å². The summed E-state index contributed by atoms with van der Waals surface area (Å²) in [4.78, 5) is 12.0. The van der Waals surface area contributed by atoms with Crippen LogP contribution >= 0.6 is 0 Å². The second-order valence-electron chi connectivity index (χ2n) is 5.36. The largest absolute Gasteiger partial charge is 0.462 e. The van der Waals surface area contributed by atoms with E-state index < -0.39 is 0 Å². The van der Waals surface area contributed by atoms with Gasteiger partial charge in [-0.1, -0.05) is 39.0 Å². The second-order valence-corrected chi connectivity index (χ2v) is 5.36. The summed E-state index contributed by atoms with van der Waals surface area (Å²) in [7, 11) is 0. The Labute approximate surface area is 122 Å². The minimum Gasteiger partial charge on any atom is -0.462 e. The van der Waals surface area contributed by atoms with Crippen molar-refractivity contribution in [1.82, 2.24) is 0 Å². The molecule has 0 unspecified atom stereocenters. The molecule has 0 heterocycles. The lowest BCUT2D eigenvalue weighted by atomic mass is 10.0. The van der Waals surface area contributed by atoms with Gasteiger partial charge < -0.3 is 10.5 Å². The quantitative estimate of drug-likeness (QED) is 0.435. The van der Waals surface area contributed by atoms with Gasteiger partial charge in [0.15, 0.2) is 0 Å². The number of ether oxygens (including phenoxy) is 1. The topological polar surface area (TPSA) is 52.3 Å². The number of esters is 1. The molecule has 2 N–H and O–H groups in total. The van der Waals surface area contributed by atoms with Crippen molar-refractivity contribution >= 4 is 11.7 Å². The summed E-state index contributed by atoms with van der Waals surface area (Å²) in [5.74, 6) is -0.237. The predicted molar refractivity (Wildman–Crippen MR) is 84.0 cm³/mol. The minimum atomic E-state index is -0.237. The maximum Gasteiger partial charge on any atom is 0.338 e. The second kappa shape index (κ2) is 8.62. The number of carbonyl (C=O) groups excluding carboxylic acids is 1. The van der Waals surface area contributed by atoms with Crippen LogP contribution in [0, 0.1) is 13.8 Å². The Kier molecular flexibility index (Phi) is 7.13. The van der Waals surface area contributed by atoms with Gasteiger partial charge in [-0.2, -0.15) is 0 Å². The summed E-state index contributed by atoms with van der Waals surface area (Å²) in [6, 6.07) is 3.52. The Bertz CT molecular complexity index is 441. The molecule has 20 heavy (non-hydrogen) atoms. The van der Waals surface area contributed by atoms with Gasteiger partial charge in [0, 0.05) is 5.69 Å². The van der Waals surface area contributed by atoms with E-state index in [9.17, 15) is 4.79 Å². The zero-order valence-corrected chi connectivity index (χ0v) is 13.0. The Morgan fingerprint density at radius 1 is 1.05 bits per heavy atom. The number of hydrogen-bond acceptors (Lipinski definition) is 3. The van der Waals surface area contributed by atoms with Crippen LogP contribution in [-0.2, 0) is 4.74 Å². The highest BCUT2D eigenvalue weighted by Gasteiger charge is 2.12. The molecule has 1 rings (SSSR count). The molecule has 3 nitrogen and oxygen atoms in total. The van der Waals surface area contributed by atoms with Gasteiger partial charge in [-0.3, -0.25) is 0 Å². The molecule has 0 aliphatic heterocycles. The first kappa shape index (κ1) is 16.5. The van der Waals surface area contributed by atoms with Crippen molar-refractivity contribution in [1.29, 1.82) is 0 Å². The summed E-state index contributed by atoms with van der Waals surface area (Å²) in [6.45, 7) is 6.55. The van der Waals surface area contributed by atoms with Gasteiger partial charge in [0.05, 0.1) is 12.2 Å². The summed E-state index contributed by atoms with van der Waals surface area (Å²) in [5, 5.41) is 0. The molecule has 0 bridgehead atoms. The SMILES string of the molecule is CCCCCCCCOC(=O)c1ccc(N)c(C)c1C. The van der Waals surface area contributed by atoms with E-state index >= 15 is 0 Å². The monoisotopic (exact) mass is 277 g/mol. The number of benzene rings is 1. The number of rotatable bonds is 8. The number of nitrogen functional groups attached to an aromatic ring is 1. The molecule has 0 fully saturated rings. The third-order valence-electron chi connectivity index (χ3n) is 3.78. The fourth-order valence-corrected chi connectivity index (χ4v) is 2.19. The van der Waals surface area contributed by atoms with Crippen LogP contribution in [0.3, 0.4) is 0 Å². The van der Waals surface area contributed by atoms with E-state index in [1.165, 1.54) is 25.7 Å². The Morgan fingerprint density at radius 2 is 1.70 bits per heavy atom. The molecule has 0 aliphatic rings. The number of nitrogens with two attached hydrogens (primary N) is 1. The van der Waals surface area contributed by atoms with Crippen LogP contribution in [0.15, 0.2) is 12.1 Å². The molecule has 0 aliphatic carbocycles. The van der Waals surface area contributed by atoms with Crippen LogP contribution < -0.4 is 5.73 Å². The third-order valence-corrected chi connectivity index (χ3v) is 3.78. The molecule has 0 aromatic heterocycles. The van der Waals surface area contributed by atoms with Gasteiger partial charge in [0.2, 0.25) is 0 Å². The van der Waals surface area contributed by atoms with Crippen molar-refractivity contribution < 1.29 is 9.53 Å². The van der Waals surface area contributed by atoms with E-state index in [0.29, 0.717) is 12.2 Å². The van der Waals surface area contributed by atoms with Crippen molar-refractivity contribution in [2.45, 2.75) is 59.3 Å². The lowest BCUT2D eigenvalue weighted by Gasteiger charge is -2.10.